The predicted molar refractivity (Wildman–Crippen MR) is 60.2 cm³/mol. The lowest BCUT2D eigenvalue weighted by Crippen LogP contribution is -2.41. The van der Waals surface area contributed by atoms with Crippen molar-refractivity contribution in [2.24, 2.45) is 5.92 Å². The van der Waals surface area contributed by atoms with Gasteiger partial charge in [0.2, 0.25) is 5.91 Å². The average Bonchev–Trinajstić information content (AvgIpc) is 2.22. The Morgan fingerprint density at radius 1 is 1.36 bits per heavy atom. The molecule has 0 aromatic carbocycles. The summed E-state index contributed by atoms with van der Waals surface area (Å²) in [5.41, 5.74) is 0. The SMILES string of the molecule is CCNCC(C)C(=O)N(C)C(C)CC. The molecule has 2 unspecified atom stereocenters. The third-order valence-electron chi connectivity index (χ3n) is 2.72. The first-order valence-electron chi connectivity index (χ1n) is 5.51. The number of hydrogen-bond donors (Lipinski definition) is 1. The molecule has 1 N–H and O–H groups in total. The molecule has 0 aromatic heterocycles. The quantitative estimate of drug-likeness (QED) is 0.704. The summed E-state index contributed by atoms with van der Waals surface area (Å²) >= 11 is 0. The first-order valence-corrected chi connectivity index (χ1v) is 5.51. The summed E-state index contributed by atoms with van der Waals surface area (Å²) in [5.74, 6) is 0.314. The van der Waals surface area contributed by atoms with Crippen LogP contribution in [0.2, 0.25) is 0 Å². The van der Waals surface area contributed by atoms with Crippen LogP contribution in [0.4, 0.5) is 0 Å². The summed E-state index contributed by atoms with van der Waals surface area (Å²) in [6.45, 7) is 9.90. The smallest absolute Gasteiger partial charge is 0.226 e. The zero-order valence-electron chi connectivity index (χ0n) is 10.1. The molecule has 84 valence electrons. The maximum atomic E-state index is 11.8. The lowest BCUT2D eigenvalue weighted by Gasteiger charge is -2.26. The summed E-state index contributed by atoms with van der Waals surface area (Å²) in [7, 11) is 1.89. The molecule has 0 heterocycles. The van der Waals surface area contributed by atoms with Gasteiger partial charge in [0.1, 0.15) is 0 Å². The Bertz CT molecular complexity index is 171. The van der Waals surface area contributed by atoms with Crippen molar-refractivity contribution in [1.82, 2.24) is 10.2 Å². The van der Waals surface area contributed by atoms with E-state index in [1.807, 2.05) is 18.9 Å². The van der Waals surface area contributed by atoms with Crippen LogP contribution >= 0.6 is 0 Å². The number of amides is 1. The largest absolute Gasteiger partial charge is 0.343 e. The molecular formula is C11H24N2O. The lowest BCUT2D eigenvalue weighted by molar-refractivity contribution is -0.135. The van der Waals surface area contributed by atoms with Gasteiger partial charge in [-0.25, -0.2) is 0 Å². The molecule has 0 rings (SSSR count). The molecule has 0 radical (unpaired) electrons. The van der Waals surface area contributed by atoms with E-state index in [1.165, 1.54) is 0 Å². The molecule has 0 fully saturated rings. The van der Waals surface area contributed by atoms with E-state index in [1.54, 1.807) is 0 Å². The van der Waals surface area contributed by atoms with E-state index in [2.05, 4.69) is 26.1 Å². The van der Waals surface area contributed by atoms with Crippen molar-refractivity contribution in [3.63, 3.8) is 0 Å². The van der Waals surface area contributed by atoms with E-state index in [9.17, 15) is 4.79 Å². The van der Waals surface area contributed by atoms with Gasteiger partial charge < -0.3 is 10.2 Å². The van der Waals surface area contributed by atoms with E-state index in [4.69, 9.17) is 0 Å². The van der Waals surface area contributed by atoms with Crippen molar-refractivity contribution < 1.29 is 4.79 Å². The molecule has 1 amide bonds. The second-order valence-electron chi connectivity index (χ2n) is 3.92. The van der Waals surface area contributed by atoms with Gasteiger partial charge in [0.25, 0.3) is 0 Å². The number of nitrogens with zero attached hydrogens (tertiary/aromatic N) is 1. The minimum atomic E-state index is 0.0777. The van der Waals surface area contributed by atoms with E-state index in [0.29, 0.717) is 6.04 Å². The van der Waals surface area contributed by atoms with Gasteiger partial charge in [0, 0.05) is 25.6 Å². The number of nitrogens with one attached hydrogen (secondary N) is 1. The molecule has 2 atom stereocenters. The molecule has 0 spiro atoms. The Balaban J connectivity index is 4.03. The molecular weight excluding hydrogens is 176 g/mol. The van der Waals surface area contributed by atoms with Crippen LogP contribution in [0.15, 0.2) is 0 Å². The van der Waals surface area contributed by atoms with Crippen molar-refractivity contribution in [1.29, 1.82) is 0 Å². The fourth-order valence-corrected chi connectivity index (χ4v) is 1.29. The highest BCUT2D eigenvalue weighted by Crippen LogP contribution is 2.06. The number of carbonyl (C=O) groups is 1. The van der Waals surface area contributed by atoms with Crippen LogP contribution in [0.5, 0.6) is 0 Å². The fraction of sp³-hybridized carbons (Fsp3) is 0.909. The molecule has 0 aliphatic rings. The van der Waals surface area contributed by atoms with Crippen LogP contribution in [0.1, 0.15) is 34.1 Å². The van der Waals surface area contributed by atoms with Gasteiger partial charge in [-0.15, -0.1) is 0 Å². The molecule has 0 saturated heterocycles. The second kappa shape index (κ2) is 6.82. The highest BCUT2D eigenvalue weighted by atomic mass is 16.2. The van der Waals surface area contributed by atoms with Crippen molar-refractivity contribution in [3.05, 3.63) is 0 Å². The summed E-state index contributed by atoms with van der Waals surface area (Å²) in [4.78, 5) is 13.7. The fourth-order valence-electron chi connectivity index (χ4n) is 1.29. The monoisotopic (exact) mass is 200 g/mol. The summed E-state index contributed by atoms with van der Waals surface area (Å²) in [6, 6.07) is 0.339. The highest BCUT2D eigenvalue weighted by molar-refractivity contribution is 5.78. The van der Waals surface area contributed by atoms with Crippen molar-refractivity contribution in [2.75, 3.05) is 20.1 Å². The maximum Gasteiger partial charge on any atom is 0.226 e. The van der Waals surface area contributed by atoms with Crippen LogP contribution in [0, 0.1) is 5.92 Å². The van der Waals surface area contributed by atoms with Crippen molar-refractivity contribution >= 4 is 5.91 Å². The van der Waals surface area contributed by atoms with Gasteiger partial charge >= 0.3 is 0 Å². The van der Waals surface area contributed by atoms with Crippen molar-refractivity contribution in [3.8, 4) is 0 Å². The Hall–Kier alpha value is -0.570. The molecule has 0 aromatic rings. The molecule has 0 saturated carbocycles. The third kappa shape index (κ3) is 4.09. The van der Waals surface area contributed by atoms with Gasteiger partial charge in [-0.05, 0) is 19.9 Å². The molecule has 14 heavy (non-hydrogen) atoms. The second-order valence-corrected chi connectivity index (χ2v) is 3.92. The van der Waals surface area contributed by atoms with Crippen LogP contribution < -0.4 is 5.32 Å². The third-order valence-corrected chi connectivity index (χ3v) is 2.72. The number of rotatable bonds is 6. The van der Waals surface area contributed by atoms with Crippen molar-refractivity contribution in [2.45, 2.75) is 40.2 Å². The Morgan fingerprint density at radius 3 is 2.36 bits per heavy atom. The van der Waals surface area contributed by atoms with E-state index in [0.717, 1.165) is 19.5 Å². The van der Waals surface area contributed by atoms with Crippen LogP contribution in [-0.2, 0) is 4.79 Å². The highest BCUT2D eigenvalue weighted by Gasteiger charge is 2.19. The standard InChI is InChI=1S/C11H24N2O/c1-6-10(4)13(5)11(14)9(3)8-12-7-2/h9-10,12H,6-8H2,1-5H3. The topological polar surface area (TPSA) is 32.3 Å². The van der Waals surface area contributed by atoms with Crippen LogP contribution in [0.25, 0.3) is 0 Å². The minimum absolute atomic E-state index is 0.0777. The van der Waals surface area contributed by atoms with Crippen LogP contribution in [-0.4, -0.2) is 37.0 Å². The molecule has 0 bridgehead atoms. The molecule has 0 aliphatic carbocycles. The summed E-state index contributed by atoms with van der Waals surface area (Å²) < 4.78 is 0. The molecule has 0 aliphatic heterocycles. The normalized spacial score (nSPS) is 14.9. The van der Waals surface area contributed by atoms with Gasteiger partial charge in [-0.1, -0.05) is 20.8 Å². The Kier molecular flexibility index (Phi) is 6.54. The lowest BCUT2D eigenvalue weighted by atomic mass is 10.1. The Labute approximate surface area is 87.9 Å². The number of carbonyl (C=O) groups excluding carboxylic acids is 1. The van der Waals surface area contributed by atoms with E-state index in [-0.39, 0.29) is 11.8 Å². The Morgan fingerprint density at radius 2 is 1.93 bits per heavy atom. The van der Waals surface area contributed by atoms with Gasteiger partial charge in [-0.3, -0.25) is 4.79 Å². The zero-order chi connectivity index (χ0) is 11.1. The summed E-state index contributed by atoms with van der Waals surface area (Å²) in [5, 5.41) is 3.19. The minimum Gasteiger partial charge on any atom is -0.343 e. The average molecular weight is 200 g/mol. The first-order chi connectivity index (χ1) is 6.54. The molecule has 3 heteroatoms. The van der Waals surface area contributed by atoms with Gasteiger partial charge in [-0.2, -0.15) is 0 Å². The van der Waals surface area contributed by atoms with E-state index < -0.39 is 0 Å². The maximum absolute atomic E-state index is 11.8. The van der Waals surface area contributed by atoms with Gasteiger partial charge in [0.15, 0.2) is 0 Å². The first kappa shape index (κ1) is 13.4. The number of hydrogen-bond acceptors (Lipinski definition) is 2. The molecule has 3 nitrogen and oxygen atoms in total. The van der Waals surface area contributed by atoms with Gasteiger partial charge in [0.05, 0.1) is 0 Å². The van der Waals surface area contributed by atoms with E-state index >= 15 is 0 Å². The predicted octanol–water partition coefficient (Wildman–Crippen LogP) is 1.49. The zero-order valence-corrected chi connectivity index (χ0v) is 10.1. The summed E-state index contributed by atoms with van der Waals surface area (Å²) in [6.07, 6.45) is 1.01. The van der Waals surface area contributed by atoms with Crippen LogP contribution in [0.3, 0.4) is 0 Å².